The second kappa shape index (κ2) is 8.06. The maximum Gasteiger partial charge on any atom is 0.407 e. The van der Waals surface area contributed by atoms with E-state index in [9.17, 15) is 14.4 Å². The van der Waals surface area contributed by atoms with Crippen LogP contribution in [0.5, 0.6) is 0 Å². The van der Waals surface area contributed by atoms with Gasteiger partial charge in [0.05, 0.1) is 0 Å². The van der Waals surface area contributed by atoms with Gasteiger partial charge in [0, 0.05) is 24.4 Å². The molecule has 2 amide bonds. The molecule has 0 radical (unpaired) electrons. The van der Waals surface area contributed by atoms with E-state index in [1.54, 1.807) is 13.8 Å². The van der Waals surface area contributed by atoms with Gasteiger partial charge in [-0.05, 0) is 42.5 Å². The Bertz CT molecular complexity index is 987. The Morgan fingerprint density at radius 1 is 1.06 bits per heavy atom. The van der Waals surface area contributed by atoms with E-state index < -0.39 is 23.6 Å². The van der Waals surface area contributed by atoms with Crippen LogP contribution < -0.4 is 5.32 Å². The van der Waals surface area contributed by atoms with Crippen molar-refractivity contribution >= 4 is 18.0 Å². The number of hydrogen-bond donors (Lipinski definition) is 2. The predicted molar refractivity (Wildman–Crippen MR) is 115 cm³/mol. The highest BCUT2D eigenvalue weighted by Crippen LogP contribution is 2.44. The third-order valence-electron chi connectivity index (χ3n) is 6.00. The van der Waals surface area contributed by atoms with Crippen molar-refractivity contribution in [1.82, 2.24) is 10.2 Å². The summed E-state index contributed by atoms with van der Waals surface area (Å²) >= 11 is 0. The van der Waals surface area contributed by atoms with Crippen LogP contribution in [0.15, 0.2) is 48.5 Å². The number of carboxylic acid groups (broad SMARTS) is 1. The van der Waals surface area contributed by atoms with Crippen LogP contribution in [0.2, 0.25) is 0 Å². The smallest absolute Gasteiger partial charge is 0.407 e. The number of rotatable bonds is 6. The molecule has 2 N–H and O–H groups in total. The molecule has 1 aliphatic heterocycles. The summed E-state index contributed by atoms with van der Waals surface area (Å²) in [7, 11) is 0. The topological polar surface area (TPSA) is 95.9 Å². The number of aliphatic carboxylic acids is 1. The Morgan fingerprint density at radius 2 is 1.65 bits per heavy atom. The Hall–Kier alpha value is -3.35. The standard InChI is InChI=1S/C24H26N2O5/c1-24(2,13-21(27)26-12-11-20(26)22(28)29)25-23(30)31-14-19-17-9-5-3-7-15(17)16-8-4-6-10-18(16)19/h3-10,19-20H,11-14H2,1-2H3,(H,25,30)(H,28,29). The van der Waals surface area contributed by atoms with Gasteiger partial charge in [0.1, 0.15) is 12.6 Å². The van der Waals surface area contributed by atoms with Crippen LogP contribution in [-0.2, 0) is 14.3 Å². The Morgan fingerprint density at radius 3 is 2.16 bits per heavy atom. The maximum atomic E-state index is 12.5. The molecule has 1 heterocycles. The fourth-order valence-electron chi connectivity index (χ4n) is 4.38. The molecule has 1 atom stereocenters. The van der Waals surface area contributed by atoms with Gasteiger partial charge >= 0.3 is 12.1 Å². The number of amides is 2. The molecule has 1 unspecified atom stereocenters. The first-order chi connectivity index (χ1) is 14.8. The maximum absolute atomic E-state index is 12.5. The van der Waals surface area contributed by atoms with Crippen LogP contribution in [-0.4, -0.2) is 52.7 Å². The van der Waals surface area contributed by atoms with E-state index in [1.165, 1.54) is 4.90 Å². The van der Waals surface area contributed by atoms with Gasteiger partial charge in [0.25, 0.3) is 0 Å². The van der Waals surface area contributed by atoms with Crippen molar-refractivity contribution in [3.05, 3.63) is 59.7 Å². The lowest BCUT2D eigenvalue weighted by Crippen LogP contribution is -2.57. The summed E-state index contributed by atoms with van der Waals surface area (Å²) in [6.07, 6.45) is -0.138. The van der Waals surface area contributed by atoms with E-state index >= 15 is 0 Å². The molecule has 0 saturated carbocycles. The van der Waals surface area contributed by atoms with Crippen molar-refractivity contribution in [3.8, 4) is 11.1 Å². The second-order valence-corrected chi connectivity index (χ2v) is 8.74. The summed E-state index contributed by atoms with van der Waals surface area (Å²) in [6, 6.07) is 15.4. The normalized spacial score (nSPS) is 17.4. The van der Waals surface area contributed by atoms with Gasteiger partial charge < -0.3 is 20.1 Å². The second-order valence-electron chi connectivity index (χ2n) is 8.74. The van der Waals surface area contributed by atoms with Crippen LogP contribution in [0.4, 0.5) is 4.79 Å². The van der Waals surface area contributed by atoms with E-state index in [4.69, 9.17) is 9.84 Å². The number of carboxylic acids is 1. The number of nitrogens with one attached hydrogen (secondary N) is 1. The molecule has 162 valence electrons. The van der Waals surface area contributed by atoms with E-state index in [-0.39, 0.29) is 24.9 Å². The van der Waals surface area contributed by atoms with Crippen molar-refractivity contribution in [2.75, 3.05) is 13.2 Å². The molecule has 0 aromatic heterocycles. The number of carbonyl (C=O) groups excluding carboxylic acids is 2. The van der Waals surface area contributed by atoms with Crippen LogP contribution in [0.1, 0.15) is 43.7 Å². The van der Waals surface area contributed by atoms with E-state index in [1.807, 2.05) is 24.3 Å². The summed E-state index contributed by atoms with van der Waals surface area (Å²) < 4.78 is 5.55. The summed E-state index contributed by atoms with van der Waals surface area (Å²) in [4.78, 5) is 37.4. The van der Waals surface area contributed by atoms with Crippen molar-refractivity contribution in [2.24, 2.45) is 0 Å². The van der Waals surface area contributed by atoms with Gasteiger partial charge in [-0.2, -0.15) is 0 Å². The Balaban J connectivity index is 1.36. The molecular formula is C24H26N2O5. The average Bonchev–Trinajstić information content (AvgIpc) is 2.98. The molecule has 7 nitrogen and oxygen atoms in total. The first kappa shape index (κ1) is 20.9. The van der Waals surface area contributed by atoms with Crippen LogP contribution in [0.3, 0.4) is 0 Å². The largest absolute Gasteiger partial charge is 0.480 e. The molecule has 2 aromatic rings. The minimum atomic E-state index is -0.998. The third kappa shape index (κ3) is 4.13. The summed E-state index contributed by atoms with van der Waals surface area (Å²) in [5.41, 5.74) is 3.70. The van der Waals surface area contributed by atoms with Crippen molar-refractivity contribution in [3.63, 3.8) is 0 Å². The van der Waals surface area contributed by atoms with E-state index in [2.05, 4.69) is 29.6 Å². The molecule has 0 spiro atoms. The SMILES string of the molecule is CC(C)(CC(=O)N1CCC1C(=O)O)NC(=O)OCC1c2ccccc2-c2ccccc21. The predicted octanol–water partition coefficient (Wildman–Crippen LogP) is 3.38. The lowest BCUT2D eigenvalue weighted by Gasteiger charge is -2.39. The lowest BCUT2D eigenvalue weighted by molar-refractivity contribution is -0.157. The van der Waals surface area contributed by atoms with E-state index in [0.29, 0.717) is 13.0 Å². The number of nitrogens with zero attached hydrogens (tertiary/aromatic N) is 1. The van der Waals surface area contributed by atoms with Gasteiger partial charge in [0.15, 0.2) is 0 Å². The first-order valence-electron chi connectivity index (χ1n) is 10.4. The van der Waals surface area contributed by atoms with Gasteiger partial charge in [0.2, 0.25) is 5.91 Å². The molecule has 2 aromatic carbocycles. The number of carbonyl (C=O) groups is 3. The molecule has 31 heavy (non-hydrogen) atoms. The minimum absolute atomic E-state index is 0.000968. The minimum Gasteiger partial charge on any atom is -0.480 e. The Kier molecular flexibility index (Phi) is 5.43. The van der Waals surface area contributed by atoms with Crippen LogP contribution >= 0.6 is 0 Å². The number of hydrogen-bond acceptors (Lipinski definition) is 4. The van der Waals surface area contributed by atoms with Crippen molar-refractivity contribution in [2.45, 2.75) is 44.2 Å². The molecule has 1 aliphatic carbocycles. The molecule has 2 aliphatic rings. The fraction of sp³-hybridized carbons (Fsp3) is 0.375. The highest BCUT2D eigenvalue weighted by atomic mass is 16.5. The quantitative estimate of drug-likeness (QED) is 0.744. The highest BCUT2D eigenvalue weighted by Gasteiger charge is 2.39. The van der Waals surface area contributed by atoms with E-state index in [0.717, 1.165) is 22.3 Å². The zero-order chi connectivity index (χ0) is 22.2. The first-order valence-corrected chi connectivity index (χ1v) is 10.4. The monoisotopic (exact) mass is 422 g/mol. The fourth-order valence-corrected chi connectivity index (χ4v) is 4.38. The Labute approximate surface area is 181 Å². The summed E-state index contributed by atoms with van der Waals surface area (Å²) in [6.45, 7) is 4.07. The molecule has 0 bridgehead atoms. The van der Waals surface area contributed by atoms with Crippen LogP contribution in [0.25, 0.3) is 11.1 Å². The number of alkyl carbamates (subject to hydrolysis) is 1. The molecule has 1 saturated heterocycles. The van der Waals surface area contributed by atoms with Crippen LogP contribution in [0, 0.1) is 0 Å². The lowest BCUT2D eigenvalue weighted by atomic mass is 9.96. The molecule has 1 fully saturated rings. The zero-order valence-electron chi connectivity index (χ0n) is 17.6. The van der Waals surface area contributed by atoms with Crippen molar-refractivity contribution in [1.29, 1.82) is 0 Å². The summed E-state index contributed by atoms with van der Waals surface area (Å²) in [5, 5.41) is 11.9. The molecular weight excluding hydrogens is 396 g/mol. The number of likely N-dealkylation sites (tertiary alicyclic amines) is 1. The highest BCUT2D eigenvalue weighted by molar-refractivity contribution is 5.86. The molecule has 7 heteroatoms. The van der Waals surface area contributed by atoms with Gasteiger partial charge in [-0.25, -0.2) is 9.59 Å². The average molecular weight is 422 g/mol. The number of fused-ring (bicyclic) bond motifs is 3. The van der Waals surface area contributed by atoms with Gasteiger partial charge in [-0.15, -0.1) is 0 Å². The molecule has 4 rings (SSSR count). The summed E-state index contributed by atoms with van der Waals surface area (Å²) in [5.74, 6) is -1.33. The zero-order valence-corrected chi connectivity index (χ0v) is 17.6. The van der Waals surface area contributed by atoms with Gasteiger partial charge in [-0.3, -0.25) is 4.79 Å². The van der Waals surface area contributed by atoms with Gasteiger partial charge in [-0.1, -0.05) is 48.5 Å². The van der Waals surface area contributed by atoms with Crippen molar-refractivity contribution < 1.29 is 24.2 Å². The number of benzene rings is 2. The number of ether oxygens (including phenoxy) is 1. The third-order valence-corrected chi connectivity index (χ3v) is 6.00.